The van der Waals surface area contributed by atoms with Crippen LogP contribution in [-0.2, 0) is 16.0 Å². The van der Waals surface area contributed by atoms with Crippen LogP contribution in [0.5, 0.6) is 0 Å². The Balaban J connectivity index is 1.28. The Kier molecular flexibility index (Phi) is 5.89. The molecule has 5 heteroatoms. The number of hydrogen-bond acceptors (Lipinski definition) is 4. The third-order valence-corrected chi connectivity index (χ3v) is 6.50. The van der Waals surface area contributed by atoms with Crippen molar-refractivity contribution in [2.24, 2.45) is 5.92 Å². The fourth-order valence-electron chi connectivity index (χ4n) is 4.87. The maximum Gasteiger partial charge on any atom is 0.234 e. The third kappa shape index (κ3) is 4.41. The van der Waals surface area contributed by atoms with Crippen molar-refractivity contribution in [2.75, 3.05) is 32.8 Å². The SMILES string of the molecule is O=C1CC(Cc2ccccc2)C(=O)N1CN1CCN(C2CCCCC2)CC1. The molecule has 3 aliphatic rings. The number of rotatable bonds is 5. The van der Waals surface area contributed by atoms with Crippen molar-refractivity contribution in [1.82, 2.24) is 14.7 Å². The topological polar surface area (TPSA) is 43.9 Å². The predicted octanol–water partition coefficient (Wildman–Crippen LogP) is 2.51. The third-order valence-electron chi connectivity index (χ3n) is 6.50. The van der Waals surface area contributed by atoms with Crippen molar-refractivity contribution < 1.29 is 9.59 Å². The van der Waals surface area contributed by atoms with E-state index in [0.29, 0.717) is 19.5 Å². The molecule has 0 aromatic heterocycles. The van der Waals surface area contributed by atoms with E-state index < -0.39 is 0 Å². The van der Waals surface area contributed by atoms with E-state index in [1.807, 2.05) is 30.3 Å². The summed E-state index contributed by atoms with van der Waals surface area (Å²) in [6.07, 6.45) is 7.82. The Labute approximate surface area is 162 Å². The number of imide groups is 1. The fraction of sp³-hybridized carbons (Fsp3) is 0.636. The lowest BCUT2D eigenvalue weighted by Gasteiger charge is -2.41. The zero-order chi connectivity index (χ0) is 18.6. The smallest absolute Gasteiger partial charge is 0.234 e. The second-order valence-corrected chi connectivity index (χ2v) is 8.34. The first-order valence-electron chi connectivity index (χ1n) is 10.6. The molecule has 1 atom stereocenters. The van der Waals surface area contributed by atoms with E-state index in [4.69, 9.17) is 0 Å². The van der Waals surface area contributed by atoms with Crippen LogP contribution in [0.15, 0.2) is 30.3 Å². The first kappa shape index (κ1) is 18.6. The normalized spacial score (nSPS) is 26.1. The molecule has 0 N–H and O–H groups in total. The molecule has 27 heavy (non-hydrogen) atoms. The van der Waals surface area contributed by atoms with Crippen molar-refractivity contribution >= 4 is 11.8 Å². The number of hydrogen-bond donors (Lipinski definition) is 0. The van der Waals surface area contributed by atoms with Gasteiger partial charge >= 0.3 is 0 Å². The van der Waals surface area contributed by atoms with E-state index >= 15 is 0 Å². The Bertz CT molecular complexity index is 649. The number of piperazine rings is 1. The molecule has 4 rings (SSSR count). The van der Waals surface area contributed by atoms with Crippen LogP contribution in [0, 0.1) is 5.92 Å². The van der Waals surface area contributed by atoms with E-state index in [2.05, 4.69) is 9.80 Å². The maximum atomic E-state index is 12.8. The van der Waals surface area contributed by atoms with Gasteiger partial charge in [0.1, 0.15) is 0 Å². The van der Waals surface area contributed by atoms with Gasteiger partial charge in [0.2, 0.25) is 11.8 Å². The van der Waals surface area contributed by atoms with Gasteiger partial charge in [-0.05, 0) is 24.8 Å². The summed E-state index contributed by atoms with van der Waals surface area (Å²) in [7, 11) is 0. The van der Waals surface area contributed by atoms with Crippen molar-refractivity contribution in [3.63, 3.8) is 0 Å². The average Bonchev–Trinajstić information content (AvgIpc) is 2.97. The standard InChI is InChI=1S/C22H31N3O2/c26-21-16-19(15-18-7-3-1-4-8-18)22(27)25(21)17-23-11-13-24(14-12-23)20-9-5-2-6-10-20/h1,3-4,7-8,19-20H,2,5-6,9-17H2. The molecule has 146 valence electrons. The highest BCUT2D eigenvalue weighted by molar-refractivity contribution is 6.03. The lowest BCUT2D eigenvalue weighted by molar-refractivity contribution is -0.142. The monoisotopic (exact) mass is 369 g/mol. The second kappa shape index (κ2) is 8.53. The van der Waals surface area contributed by atoms with Gasteiger partial charge in [0.05, 0.1) is 12.6 Å². The fourth-order valence-corrected chi connectivity index (χ4v) is 4.87. The molecule has 5 nitrogen and oxygen atoms in total. The molecule has 0 radical (unpaired) electrons. The summed E-state index contributed by atoms with van der Waals surface area (Å²) < 4.78 is 0. The van der Waals surface area contributed by atoms with Crippen LogP contribution >= 0.6 is 0 Å². The van der Waals surface area contributed by atoms with E-state index in [0.717, 1.165) is 37.8 Å². The van der Waals surface area contributed by atoms with Gasteiger partial charge in [0.15, 0.2) is 0 Å². The number of nitrogens with zero attached hydrogens (tertiary/aromatic N) is 3. The van der Waals surface area contributed by atoms with Gasteiger partial charge in [-0.1, -0.05) is 49.6 Å². The number of amides is 2. The Morgan fingerprint density at radius 3 is 2.30 bits per heavy atom. The van der Waals surface area contributed by atoms with E-state index in [1.165, 1.54) is 37.0 Å². The molecule has 1 aromatic carbocycles. The lowest BCUT2D eigenvalue weighted by atomic mass is 9.94. The molecule has 1 saturated carbocycles. The summed E-state index contributed by atoms with van der Waals surface area (Å²) in [5.74, 6) is -0.183. The summed E-state index contributed by atoms with van der Waals surface area (Å²) in [5.41, 5.74) is 1.13. The quantitative estimate of drug-likeness (QED) is 0.748. The zero-order valence-electron chi connectivity index (χ0n) is 16.2. The van der Waals surface area contributed by atoms with Crippen LogP contribution in [0.4, 0.5) is 0 Å². The van der Waals surface area contributed by atoms with Gasteiger partial charge in [-0.2, -0.15) is 0 Å². The number of carbonyl (C=O) groups is 2. The minimum absolute atomic E-state index is 0.00404. The van der Waals surface area contributed by atoms with Gasteiger partial charge in [-0.3, -0.25) is 24.3 Å². The molecule has 2 saturated heterocycles. The van der Waals surface area contributed by atoms with Crippen LogP contribution in [0.1, 0.15) is 44.1 Å². The van der Waals surface area contributed by atoms with Gasteiger partial charge < -0.3 is 0 Å². The summed E-state index contributed by atoms with van der Waals surface area (Å²) in [5, 5.41) is 0. The molecular formula is C22H31N3O2. The van der Waals surface area contributed by atoms with Crippen LogP contribution in [-0.4, -0.2) is 65.4 Å². The first-order valence-corrected chi connectivity index (χ1v) is 10.6. The Morgan fingerprint density at radius 1 is 0.889 bits per heavy atom. The van der Waals surface area contributed by atoms with Gasteiger partial charge in [-0.15, -0.1) is 0 Å². The highest BCUT2D eigenvalue weighted by atomic mass is 16.2. The molecule has 0 bridgehead atoms. The van der Waals surface area contributed by atoms with Crippen molar-refractivity contribution in [3.05, 3.63) is 35.9 Å². The minimum atomic E-state index is -0.191. The molecule has 2 aliphatic heterocycles. The minimum Gasteiger partial charge on any atom is -0.298 e. The van der Waals surface area contributed by atoms with Crippen LogP contribution < -0.4 is 0 Å². The summed E-state index contributed by atoms with van der Waals surface area (Å²) >= 11 is 0. The molecule has 1 unspecified atom stereocenters. The molecular weight excluding hydrogens is 338 g/mol. The zero-order valence-corrected chi connectivity index (χ0v) is 16.2. The van der Waals surface area contributed by atoms with E-state index in [9.17, 15) is 9.59 Å². The molecule has 0 spiro atoms. The molecule has 2 heterocycles. The predicted molar refractivity (Wildman–Crippen MR) is 105 cm³/mol. The number of likely N-dealkylation sites (tertiary alicyclic amines) is 1. The molecule has 3 fully saturated rings. The average molecular weight is 370 g/mol. The van der Waals surface area contributed by atoms with E-state index in [1.54, 1.807) is 0 Å². The van der Waals surface area contributed by atoms with Gasteiger partial charge in [0.25, 0.3) is 0 Å². The van der Waals surface area contributed by atoms with Crippen molar-refractivity contribution in [1.29, 1.82) is 0 Å². The first-order chi connectivity index (χ1) is 13.2. The summed E-state index contributed by atoms with van der Waals surface area (Å²) in [4.78, 5) is 31.6. The Hall–Kier alpha value is -1.72. The maximum absolute atomic E-state index is 12.8. The van der Waals surface area contributed by atoms with Crippen molar-refractivity contribution in [2.45, 2.75) is 51.0 Å². The van der Waals surface area contributed by atoms with Gasteiger partial charge in [0, 0.05) is 38.6 Å². The van der Waals surface area contributed by atoms with Crippen molar-refractivity contribution in [3.8, 4) is 0 Å². The lowest BCUT2D eigenvalue weighted by Crippen LogP contribution is -2.53. The highest BCUT2D eigenvalue weighted by Gasteiger charge is 2.39. The molecule has 1 aromatic rings. The van der Waals surface area contributed by atoms with Crippen LogP contribution in [0.3, 0.4) is 0 Å². The molecule has 1 aliphatic carbocycles. The van der Waals surface area contributed by atoms with Crippen LogP contribution in [0.2, 0.25) is 0 Å². The van der Waals surface area contributed by atoms with Gasteiger partial charge in [-0.25, -0.2) is 0 Å². The number of benzene rings is 1. The molecule has 2 amide bonds. The summed E-state index contributed by atoms with van der Waals surface area (Å²) in [6.45, 7) is 4.51. The second-order valence-electron chi connectivity index (χ2n) is 8.34. The largest absolute Gasteiger partial charge is 0.298 e. The summed E-state index contributed by atoms with van der Waals surface area (Å²) in [6, 6.07) is 10.8. The Morgan fingerprint density at radius 2 is 1.59 bits per heavy atom. The van der Waals surface area contributed by atoms with E-state index in [-0.39, 0.29) is 17.7 Å². The van der Waals surface area contributed by atoms with Crippen LogP contribution in [0.25, 0.3) is 0 Å². The highest BCUT2D eigenvalue weighted by Crippen LogP contribution is 2.26. The number of carbonyl (C=O) groups excluding carboxylic acids is 2.